The maximum atomic E-state index is 13.3. The minimum absolute atomic E-state index is 0.104. The minimum atomic E-state index is -4.49. The number of nitrogens with zero attached hydrogens (tertiary/aromatic N) is 5. The van der Waals surface area contributed by atoms with Gasteiger partial charge in [-0.1, -0.05) is 18.2 Å². The third kappa shape index (κ3) is 4.86. The number of aliphatic hydroxyl groups is 1. The Bertz CT molecular complexity index is 1600. The summed E-state index contributed by atoms with van der Waals surface area (Å²) in [6, 6.07) is 9.33. The third-order valence-corrected chi connectivity index (χ3v) is 8.18. The lowest BCUT2D eigenvalue weighted by atomic mass is 10.2. The van der Waals surface area contributed by atoms with Gasteiger partial charge in [-0.3, -0.25) is 9.69 Å². The second-order valence-corrected chi connectivity index (χ2v) is 11.1. The van der Waals surface area contributed by atoms with E-state index in [4.69, 9.17) is 0 Å². The van der Waals surface area contributed by atoms with Gasteiger partial charge in [-0.15, -0.1) is 0 Å². The van der Waals surface area contributed by atoms with Crippen molar-refractivity contribution in [1.82, 2.24) is 28.7 Å². The van der Waals surface area contributed by atoms with E-state index in [9.17, 15) is 31.5 Å². The molecular weight excluding hydrogens is 525 g/mol. The molecule has 1 aromatic carbocycles. The second-order valence-electron chi connectivity index (χ2n) is 9.24. The van der Waals surface area contributed by atoms with Gasteiger partial charge in [0, 0.05) is 30.7 Å². The summed E-state index contributed by atoms with van der Waals surface area (Å²) in [6.07, 6.45) is -2.03. The summed E-state index contributed by atoms with van der Waals surface area (Å²) in [4.78, 5) is 22.8. The van der Waals surface area contributed by atoms with Crippen molar-refractivity contribution in [3.63, 3.8) is 0 Å². The largest absolute Gasteiger partial charge is 0.405 e. The molecule has 0 unspecified atom stereocenters. The van der Waals surface area contributed by atoms with Crippen LogP contribution in [-0.4, -0.2) is 75.2 Å². The predicted octanol–water partition coefficient (Wildman–Crippen LogP) is 2.60. The van der Waals surface area contributed by atoms with Crippen LogP contribution in [0.3, 0.4) is 0 Å². The molecule has 0 aliphatic carbocycles. The fraction of sp³-hybridized carbons (Fsp3) is 0.375. The van der Waals surface area contributed by atoms with Crippen LogP contribution in [-0.2, 0) is 14.8 Å². The van der Waals surface area contributed by atoms with Crippen LogP contribution in [0.4, 0.5) is 13.2 Å². The van der Waals surface area contributed by atoms with E-state index in [1.54, 1.807) is 36.1 Å². The number of pyridine rings is 1. The van der Waals surface area contributed by atoms with Gasteiger partial charge >= 0.3 is 6.18 Å². The van der Waals surface area contributed by atoms with E-state index < -0.39 is 34.8 Å². The summed E-state index contributed by atoms with van der Waals surface area (Å²) in [6.45, 7) is 0.740. The van der Waals surface area contributed by atoms with Crippen molar-refractivity contribution in [2.75, 3.05) is 26.2 Å². The molecule has 1 amide bonds. The summed E-state index contributed by atoms with van der Waals surface area (Å²) in [7, 11) is -3.93. The van der Waals surface area contributed by atoms with Crippen LogP contribution in [0.15, 0.2) is 53.7 Å². The fourth-order valence-corrected chi connectivity index (χ4v) is 6.18. The first kappa shape index (κ1) is 26.1. The van der Waals surface area contributed by atoms with Gasteiger partial charge in [0.15, 0.2) is 5.65 Å². The number of nitrogens with one attached hydrogen (secondary N) is 1. The number of carbonyl (C=O) groups excluding carboxylic acids is 1. The predicted molar refractivity (Wildman–Crippen MR) is 132 cm³/mol. The SMILES string of the molecule is C[C@@H](O)c1nc2cnc3c(ccn3S(=O)(=O)c3ccccc3)c2n1[C@H]1CCN(CC(=O)NCC(F)(F)F)C1. The zero-order chi connectivity index (χ0) is 27.2. The Morgan fingerprint density at radius 1 is 1.24 bits per heavy atom. The number of halogens is 3. The molecule has 10 nitrogen and oxygen atoms in total. The molecular formula is C24H25F3N6O4S. The van der Waals surface area contributed by atoms with E-state index in [0.29, 0.717) is 41.8 Å². The molecule has 4 aromatic rings. The molecule has 3 aromatic heterocycles. The Balaban J connectivity index is 1.51. The van der Waals surface area contributed by atoms with Gasteiger partial charge in [0.05, 0.1) is 23.2 Å². The highest BCUT2D eigenvalue weighted by atomic mass is 32.2. The van der Waals surface area contributed by atoms with Crippen molar-refractivity contribution in [2.45, 2.75) is 36.6 Å². The fourth-order valence-electron chi connectivity index (χ4n) is 4.85. The van der Waals surface area contributed by atoms with Crippen LogP contribution in [0.1, 0.15) is 31.3 Å². The number of aromatic nitrogens is 4. The van der Waals surface area contributed by atoms with E-state index in [2.05, 4.69) is 9.97 Å². The Kier molecular flexibility index (Phi) is 6.65. The summed E-state index contributed by atoms with van der Waals surface area (Å²) >= 11 is 0. The highest BCUT2D eigenvalue weighted by Gasteiger charge is 2.32. The van der Waals surface area contributed by atoms with Crippen LogP contribution in [0.25, 0.3) is 22.1 Å². The Morgan fingerprint density at radius 3 is 2.66 bits per heavy atom. The van der Waals surface area contributed by atoms with Gasteiger partial charge in [0.1, 0.15) is 24.0 Å². The van der Waals surface area contributed by atoms with E-state index in [1.807, 2.05) is 9.88 Å². The van der Waals surface area contributed by atoms with Crippen LogP contribution in [0.5, 0.6) is 0 Å². The van der Waals surface area contributed by atoms with Crippen molar-refractivity contribution in [3.8, 4) is 0 Å². The number of aliphatic hydroxyl groups excluding tert-OH is 1. The molecule has 0 radical (unpaired) electrons. The van der Waals surface area contributed by atoms with Crippen molar-refractivity contribution in [3.05, 3.63) is 54.6 Å². The number of amides is 1. The maximum absolute atomic E-state index is 13.3. The number of fused-ring (bicyclic) bond motifs is 3. The molecule has 2 atom stereocenters. The van der Waals surface area contributed by atoms with Gasteiger partial charge < -0.3 is 15.0 Å². The van der Waals surface area contributed by atoms with Crippen molar-refractivity contribution >= 4 is 38.0 Å². The average Bonchev–Trinajstić information content (AvgIpc) is 3.59. The molecule has 38 heavy (non-hydrogen) atoms. The molecule has 5 rings (SSSR count). The first-order chi connectivity index (χ1) is 18.0. The highest BCUT2D eigenvalue weighted by Crippen LogP contribution is 2.35. The van der Waals surface area contributed by atoms with Gasteiger partial charge in [-0.2, -0.15) is 13.2 Å². The summed E-state index contributed by atoms with van der Waals surface area (Å²) < 4.78 is 66.9. The van der Waals surface area contributed by atoms with E-state index >= 15 is 0 Å². The topological polar surface area (TPSA) is 122 Å². The molecule has 1 fully saturated rings. The molecule has 1 aliphatic rings. The number of hydrogen-bond acceptors (Lipinski definition) is 7. The van der Waals surface area contributed by atoms with Crippen molar-refractivity contribution in [1.29, 1.82) is 0 Å². The quantitative estimate of drug-likeness (QED) is 0.363. The van der Waals surface area contributed by atoms with Crippen molar-refractivity contribution in [2.24, 2.45) is 0 Å². The lowest BCUT2D eigenvalue weighted by Gasteiger charge is -2.20. The maximum Gasteiger partial charge on any atom is 0.405 e. The van der Waals surface area contributed by atoms with E-state index in [-0.39, 0.29) is 23.1 Å². The third-order valence-electron chi connectivity index (χ3n) is 6.50. The summed E-state index contributed by atoms with van der Waals surface area (Å²) in [5, 5.41) is 12.9. The average molecular weight is 551 g/mol. The molecule has 4 heterocycles. The van der Waals surface area contributed by atoms with Gasteiger partial charge in [-0.25, -0.2) is 22.4 Å². The Labute approximate surface area is 215 Å². The van der Waals surface area contributed by atoms with Crippen LogP contribution >= 0.6 is 0 Å². The number of imidazole rings is 1. The molecule has 1 aliphatic heterocycles. The van der Waals surface area contributed by atoms with E-state index in [1.165, 1.54) is 24.5 Å². The first-order valence-corrected chi connectivity index (χ1v) is 13.3. The smallest absolute Gasteiger partial charge is 0.385 e. The number of alkyl halides is 3. The molecule has 0 bridgehead atoms. The molecule has 0 spiro atoms. The van der Waals surface area contributed by atoms with Crippen LogP contribution < -0.4 is 5.32 Å². The zero-order valence-electron chi connectivity index (χ0n) is 20.3. The van der Waals surface area contributed by atoms with Gasteiger partial charge in [0.25, 0.3) is 10.0 Å². The number of likely N-dealkylation sites (tertiary alicyclic amines) is 1. The van der Waals surface area contributed by atoms with Gasteiger partial charge in [-0.05, 0) is 31.5 Å². The summed E-state index contributed by atoms with van der Waals surface area (Å²) in [5.41, 5.74) is 1.24. The molecule has 1 saturated heterocycles. The Morgan fingerprint density at radius 2 is 1.97 bits per heavy atom. The molecule has 2 N–H and O–H groups in total. The zero-order valence-corrected chi connectivity index (χ0v) is 21.1. The lowest BCUT2D eigenvalue weighted by molar-refractivity contribution is -0.138. The van der Waals surface area contributed by atoms with E-state index in [0.717, 1.165) is 3.97 Å². The van der Waals surface area contributed by atoms with Crippen LogP contribution in [0.2, 0.25) is 0 Å². The highest BCUT2D eigenvalue weighted by molar-refractivity contribution is 7.90. The lowest BCUT2D eigenvalue weighted by Crippen LogP contribution is -2.40. The number of benzene rings is 1. The summed E-state index contributed by atoms with van der Waals surface area (Å²) in [5.74, 6) is -0.384. The second kappa shape index (κ2) is 9.67. The molecule has 14 heteroatoms. The standard InChI is InChI=1S/C24H25F3N6O4S/c1-15(34)22-30-19-11-28-23-18(8-10-32(23)38(36,37)17-5-3-2-4-6-17)21(19)33(22)16-7-9-31(12-16)13-20(35)29-14-24(25,26)27/h2-6,8,10-11,15-16,34H,7,9,12-14H2,1H3,(H,29,35)/t15-,16+/m1/s1. The minimum Gasteiger partial charge on any atom is -0.385 e. The first-order valence-electron chi connectivity index (χ1n) is 11.9. The number of hydrogen-bond donors (Lipinski definition) is 2. The van der Waals surface area contributed by atoms with Crippen molar-refractivity contribution < 1.29 is 31.5 Å². The molecule has 0 saturated carbocycles. The van der Waals surface area contributed by atoms with Crippen LogP contribution in [0, 0.1) is 0 Å². The number of carbonyl (C=O) groups is 1. The molecule has 202 valence electrons. The number of rotatable bonds is 7. The monoisotopic (exact) mass is 550 g/mol. The normalized spacial score (nSPS) is 17.9. The van der Waals surface area contributed by atoms with Gasteiger partial charge in [0.2, 0.25) is 5.91 Å². The Hall–Kier alpha value is -3.49.